The van der Waals surface area contributed by atoms with Crippen LogP contribution in [0.5, 0.6) is 0 Å². The van der Waals surface area contributed by atoms with Crippen LogP contribution in [0.4, 0.5) is 0 Å². The molecule has 1 saturated heterocycles. The van der Waals surface area contributed by atoms with E-state index in [2.05, 4.69) is 0 Å². The second-order valence-electron chi connectivity index (χ2n) is 4.99. The van der Waals surface area contributed by atoms with E-state index in [1.807, 2.05) is 18.7 Å². The van der Waals surface area contributed by atoms with E-state index in [4.69, 9.17) is 10.5 Å². The van der Waals surface area contributed by atoms with Crippen molar-refractivity contribution in [3.63, 3.8) is 0 Å². The highest BCUT2D eigenvalue weighted by atomic mass is 35.5. The number of halogens is 1. The van der Waals surface area contributed by atoms with Crippen LogP contribution in [0.15, 0.2) is 0 Å². The van der Waals surface area contributed by atoms with Gasteiger partial charge < -0.3 is 15.4 Å². The molecule has 1 atom stereocenters. The SMILES string of the molecule is COCC1CCN(C(=O)[C@H](N)C(C)C)CC1.Cl. The molecular weight excluding hydrogens is 240 g/mol. The number of carbonyl (C=O) groups excluding carboxylic acids is 1. The van der Waals surface area contributed by atoms with E-state index in [0.29, 0.717) is 5.92 Å². The first-order valence-electron chi connectivity index (χ1n) is 6.09. The monoisotopic (exact) mass is 264 g/mol. The van der Waals surface area contributed by atoms with Gasteiger partial charge in [0.1, 0.15) is 0 Å². The lowest BCUT2D eigenvalue weighted by atomic mass is 9.96. The van der Waals surface area contributed by atoms with Gasteiger partial charge in [-0.25, -0.2) is 0 Å². The van der Waals surface area contributed by atoms with Gasteiger partial charge >= 0.3 is 0 Å². The summed E-state index contributed by atoms with van der Waals surface area (Å²) in [6.07, 6.45) is 2.06. The van der Waals surface area contributed by atoms with Crippen molar-refractivity contribution in [2.75, 3.05) is 26.8 Å². The predicted molar refractivity (Wildman–Crippen MR) is 71.2 cm³/mol. The van der Waals surface area contributed by atoms with Crippen LogP contribution in [-0.2, 0) is 9.53 Å². The predicted octanol–water partition coefficient (Wildman–Crippen LogP) is 1.28. The van der Waals surface area contributed by atoms with Gasteiger partial charge in [0.25, 0.3) is 0 Å². The molecule has 1 aliphatic rings. The van der Waals surface area contributed by atoms with Crippen LogP contribution in [0.2, 0.25) is 0 Å². The molecule has 1 rings (SSSR count). The van der Waals surface area contributed by atoms with Crippen LogP contribution < -0.4 is 5.73 Å². The van der Waals surface area contributed by atoms with E-state index >= 15 is 0 Å². The van der Waals surface area contributed by atoms with Gasteiger partial charge in [0.05, 0.1) is 6.04 Å². The van der Waals surface area contributed by atoms with Crippen molar-refractivity contribution in [2.45, 2.75) is 32.7 Å². The molecule has 102 valence electrons. The highest BCUT2D eigenvalue weighted by Gasteiger charge is 2.27. The fourth-order valence-corrected chi connectivity index (χ4v) is 2.05. The summed E-state index contributed by atoms with van der Waals surface area (Å²) in [5.41, 5.74) is 5.87. The number of rotatable bonds is 4. The Kier molecular flexibility index (Phi) is 7.75. The molecule has 0 aromatic rings. The first-order valence-corrected chi connectivity index (χ1v) is 6.09. The minimum absolute atomic E-state index is 0. The van der Waals surface area contributed by atoms with Crippen LogP contribution >= 0.6 is 12.4 Å². The molecular formula is C12H25ClN2O2. The summed E-state index contributed by atoms with van der Waals surface area (Å²) in [6.45, 7) is 6.43. The largest absolute Gasteiger partial charge is 0.384 e. The Morgan fingerprint density at radius 2 is 1.94 bits per heavy atom. The standard InChI is InChI=1S/C12H24N2O2.ClH/c1-9(2)11(13)12(15)14-6-4-10(5-7-14)8-16-3;/h9-11H,4-8,13H2,1-3H3;1H/t11-;/m1./s1. The van der Waals surface area contributed by atoms with E-state index in [9.17, 15) is 4.79 Å². The number of carbonyl (C=O) groups is 1. The molecule has 1 amide bonds. The number of piperidine rings is 1. The maximum Gasteiger partial charge on any atom is 0.239 e. The Balaban J connectivity index is 0.00000256. The van der Waals surface area contributed by atoms with Gasteiger partial charge in [-0.3, -0.25) is 4.79 Å². The normalized spacial score (nSPS) is 19.0. The molecule has 0 aliphatic carbocycles. The van der Waals surface area contributed by atoms with Crippen LogP contribution in [0.3, 0.4) is 0 Å². The molecule has 0 aromatic heterocycles. The summed E-state index contributed by atoms with van der Waals surface area (Å²) >= 11 is 0. The number of ether oxygens (including phenoxy) is 1. The highest BCUT2D eigenvalue weighted by molar-refractivity contribution is 5.85. The lowest BCUT2D eigenvalue weighted by Gasteiger charge is -2.34. The lowest BCUT2D eigenvalue weighted by Crippen LogP contribution is -2.49. The second-order valence-corrected chi connectivity index (χ2v) is 4.99. The van der Waals surface area contributed by atoms with Crippen LogP contribution in [0.1, 0.15) is 26.7 Å². The fourth-order valence-electron chi connectivity index (χ4n) is 2.05. The summed E-state index contributed by atoms with van der Waals surface area (Å²) in [5, 5.41) is 0. The first-order chi connectivity index (χ1) is 7.56. The molecule has 0 radical (unpaired) electrons. The Labute approximate surface area is 110 Å². The molecule has 5 heteroatoms. The molecule has 1 fully saturated rings. The van der Waals surface area contributed by atoms with Crippen molar-refractivity contribution in [2.24, 2.45) is 17.6 Å². The molecule has 4 nitrogen and oxygen atoms in total. The van der Waals surface area contributed by atoms with Gasteiger partial charge in [0.2, 0.25) is 5.91 Å². The summed E-state index contributed by atoms with van der Waals surface area (Å²) in [7, 11) is 1.73. The number of nitrogens with zero attached hydrogens (tertiary/aromatic N) is 1. The maximum atomic E-state index is 12.0. The Morgan fingerprint density at radius 1 is 1.41 bits per heavy atom. The van der Waals surface area contributed by atoms with Crippen molar-refractivity contribution in [3.05, 3.63) is 0 Å². The van der Waals surface area contributed by atoms with Gasteiger partial charge in [0.15, 0.2) is 0 Å². The second kappa shape index (κ2) is 7.90. The van der Waals surface area contributed by atoms with Gasteiger partial charge in [-0.2, -0.15) is 0 Å². The van der Waals surface area contributed by atoms with Crippen molar-refractivity contribution in [3.8, 4) is 0 Å². The third kappa shape index (κ3) is 4.82. The minimum atomic E-state index is -0.348. The van der Waals surface area contributed by atoms with Crippen LogP contribution in [-0.4, -0.2) is 43.7 Å². The molecule has 0 aromatic carbocycles. The Hall–Kier alpha value is -0.320. The quantitative estimate of drug-likeness (QED) is 0.832. The number of amides is 1. The third-order valence-corrected chi connectivity index (χ3v) is 3.33. The lowest BCUT2D eigenvalue weighted by molar-refractivity contribution is -0.135. The van der Waals surface area contributed by atoms with Crippen LogP contribution in [0.25, 0.3) is 0 Å². The fraction of sp³-hybridized carbons (Fsp3) is 0.917. The first kappa shape index (κ1) is 16.7. The van der Waals surface area contributed by atoms with Crippen molar-refractivity contribution in [1.82, 2.24) is 4.90 Å². The van der Waals surface area contributed by atoms with Crippen molar-refractivity contribution < 1.29 is 9.53 Å². The van der Waals surface area contributed by atoms with E-state index in [1.54, 1.807) is 7.11 Å². The number of hydrogen-bond donors (Lipinski definition) is 1. The summed E-state index contributed by atoms with van der Waals surface area (Å²) in [4.78, 5) is 13.9. The van der Waals surface area contributed by atoms with Gasteiger partial charge in [-0.05, 0) is 24.7 Å². The van der Waals surface area contributed by atoms with E-state index < -0.39 is 0 Å². The molecule has 0 saturated carbocycles. The minimum Gasteiger partial charge on any atom is -0.384 e. The van der Waals surface area contributed by atoms with Gasteiger partial charge in [-0.15, -0.1) is 12.4 Å². The Morgan fingerprint density at radius 3 is 2.35 bits per heavy atom. The maximum absolute atomic E-state index is 12.0. The summed E-state index contributed by atoms with van der Waals surface area (Å²) in [6, 6.07) is -0.348. The topological polar surface area (TPSA) is 55.6 Å². The highest BCUT2D eigenvalue weighted by Crippen LogP contribution is 2.18. The zero-order valence-electron chi connectivity index (χ0n) is 11.0. The zero-order chi connectivity index (χ0) is 12.1. The third-order valence-electron chi connectivity index (χ3n) is 3.33. The van der Waals surface area contributed by atoms with Gasteiger partial charge in [0, 0.05) is 26.8 Å². The summed E-state index contributed by atoms with van der Waals surface area (Å²) in [5.74, 6) is 0.916. The molecule has 2 N–H and O–H groups in total. The van der Waals surface area contributed by atoms with Crippen LogP contribution in [0, 0.1) is 11.8 Å². The summed E-state index contributed by atoms with van der Waals surface area (Å²) < 4.78 is 5.13. The smallest absolute Gasteiger partial charge is 0.239 e. The van der Waals surface area contributed by atoms with Gasteiger partial charge in [-0.1, -0.05) is 13.8 Å². The molecule has 0 bridgehead atoms. The molecule has 1 aliphatic heterocycles. The molecule has 1 heterocycles. The number of nitrogens with two attached hydrogens (primary N) is 1. The Bertz CT molecular complexity index is 229. The number of hydrogen-bond acceptors (Lipinski definition) is 3. The van der Waals surface area contributed by atoms with E-state index in [1.165, 1.54) is 0 Å². The average Bonchev–Trinajstić information content (AvgIpc) is 2.28. The number of likely N-dealkylation sites (tertiary alicyclic amines) is 1. The molecule has 17 heavy (non-hydrogen) atoms. The van der Waals surface area contributed by atoms with Crippen molar-refractivity contribution >= 4 is 18.3 Å². The van der Waals surface area contributed by atoms with E-state index in [0.717, 1.165) is 32.5 Å². The van der Waals surface area contributed by atoms with E-state index in [-0.39, 0.29) is 30.3 Å². The zero-order valence-corrected chi connectivity index (χ0v) is 11.8. The van der Waals surface area contributed by atoms with Crippen molar-refractivity contribution in [1.29, 1.82) is 0 Å². The molecule has 0 unspecified atom stereocenters. The molecule has 0 spiro atoms. The average molecular weight is 265 g/mol. The number of methoxy groups -OCH3 is 1.